The molecule has 0 spiro atoms. The SMILES string of the molecule is O=C(NCc1cccc(F)c1)[C@@]1(Cc2ccccc2Br)COC(c2ccc(OCCCO)cc2)=N1. The molecule has 1 amide bonds. The topological polar surface area (TPSA) is 80.2 Å². The van der Waals surface area contributed by atoms with Gasteiger partial charge in [0.2, 0.25) is 5.90 Å². The summed E-state index contributed by atoms with van der Waals surface area (Å²) in [6.07, 6.45) is 0.884. The zero-order valence-corrected chi connectivity index (χ0v) is 20.6. The number of hydrogen-bond donors (Lipinski definition) is 2. The fourth-order valence-electron chi connectivity index (χ4n) is 3.78. The summed E-state index contributed by atoms with van der Waals surface area (Å²) in [5, 5.41) is 11.8. The number of aliphatic hydroxyl groups is 1. The number of amides is 1. The van der Waals surface area contributed by atoms with Crippen molar-refractivity contribution in [1.82, 2.24) is 5.32 Å². The molecule has 182 valence electrons. The van der Waals surface area contributed by atoms with Gasteiger partial charge in [0.25, 0.3) is 5.91 Å². The van der Waals surface area contributed by atoms with E-state index in [9.17, 15) is 9.18 Å². The zero-order valence-electron chi connectivity index (χ0n) is 19.0. The van der Waals surface area contributed by atoms with Gasteiger partial charge in [-0.15, -0.1) is 0 Å². The molecule has 0 fully saturated rings. The number of nitrogens with zero attached hydrogens (tertiary/aromatic N) is 1. The van der Waals surface area contributed by atoms with E-state index in [1.807, 2.05) is 36.4 Å². The van der Waals surface area contributed by atoms with Crippen LogP contribution in [-0.4, -0.2) is 42.3 Å². The smallest absolute Gasteiger partial charge is 0.252 e. The van der Waals surface area contributed by atoms with Crippen molar-refractivity contribution in [2.24, 2.45) is 4.99 Å². The van der Waals surface area contributed by atoms with Crippen molar-refractivity contribution in [1.29, 1.82) is 0 Å². The van der Waals surface area contributed by atoms with Crippen LogP contribution < -0.4 is 10.1 Å². The molecule has 8 heteroatoms. The first-order valence-electron chi connectivity index (χ1n) is 11.3. The van der Waals surface area contributed by atoms with Gasteiger partial charge in [-0.1, -0.05) is 46.3 Å². The predicted molar refractivity (Wildman–Crippen MR) is 135 cm³/mol. The molecular formula is C27H26BrFN2O4. The van der Waals surface area contributed by atoms with Gasteiger partial charge in [0.1, 0.15) is 18.2 Å². The first-order chi connectivity index (χ1) is 17.0. The van der Waals surface area contributed by atoms with Crippen molar-refractivity contribution >= 4 is 27.7 Å². The molecule has 0 unspecified atom stereocenters. The lowest BCUT2D eigenvalue weighted by atomic mass is 9.91. The fraction of sp³-hybridized carbons (Fsp3) is 0.259. The maximum absolute atomic E-state index is 13.6. The number of aliphatic imine (C=N–C) groups is 1. The Balaban J connectivity index is 1.57. The third kappa shape index (κ3) is 6.26. The minimum Gasteiger partial charge on any atom is -0.494 e. The van der Waals surface area contributed by atoms with Crippen molar-refractivity contribution in [2.75, 3.05) is 19.8 Å². The highest BCUT2D eigenvalue weighted by molar-refractivity contribution is 9.10. The molecule has 1 aliphatic heterocycles. The molecule has 0 saturated heterocycles. The number of halogens is 2. The van der Waals surface area contributed by atoms with Gasteiger partial charge in [-0.05, 0) is 53.6 Å². The van der Waals surface area contributed by atoms with Crippen LogP contribution >= 0.6 is 15.9 Å². The number of carbonyl (C=O) groups is 1. The molecule has 0 bridgehead atoms. The van der Waals surface area contributed by atoms with Crippen LogP contribution in [0.3, 0.4) is 0 Å². The summed E-state index contributed by atoms with van der Waals surface area (Å²) in [6, 6.07) is 21.1. The Morgan fingerprint density at radius 1 is 1.14 bits per heavy atom. The molecule has 35 heavy (non-hydrogen) atoms. The third-order valence-electron chi connectivity index (χ3n) is 5.64. The summed E-state index contributed by atoms with van der Waals surface area (Å²) in [5.41, 5.74) is 1.14. The quantitative estimate of drug-likeness (QED) is 0.373. The molecule has 0 radical (unpaired) electrons. The molecule has 3 aromatic carbocycles. The normalized spacial score (nSPS) is 16.9. The second kappa shape index (κ2) is 11.5. The lowest BCUT2D eigenvalue weighted by molar-refractivity contribution is -0.126. The standard InChI is InChI=1S/C27H26BrFN2O4/c28-24-8-2-1-6-21(24)16-27(26(33)30-17-19-5-3-7-22(29)15-19)18-35-25(31-27)20-9-11-23(12-10-20)34-14-4-13-32/h1-3,5-12,15,32H,4,13-14,16-18H2,(H,30,33)/t27-/m1/s1. The van der Waals surface area contributed by atoms with Gasteiger partial charge in [0, 0.05) is 36.0 Å². The van der Waals surface area contributed by atoms with Crippen molar-refractivity contribution in [2.45, 2.75) is 24.9 Å². The minimum atomic E-state index is -1.18. The number of rotatable bonds is 10. The number of carbonyl (C=O) groups excluding carboxylic acids is 1. The number of aliphatic hydroxyl groups excluding tert-OH is 1. The van der Waals surface area contributed by atoms with Crippen LogP contribution in [0.1, 0.15) is 23.1 Å². The van der Waals surface area contributed by atoms with Crippen molar-refractivity contribution in [3.63, 3.8) is 0 Å². The first kappa shape index (κ1) is 24.9. The summed E-state index contributed by atoms with van der Waals surface area (Å²) in [6.45, 7) is 0.754. The Bertz CT molecular complexity index is 1200. The largest absolute Gasteiger partial charge is 0.494 e. The molecule has 0 aromatic heterocycles. The van der Waals surface area contributed by atoms with Gasteiger partial charge in [-0.3, -0.25) is 4.79 Å². The highest BCUT2D eigenvalue weighted by atomic mass is 79.9. The second-order valence-electron chi connectivity index (χ2n) is 8.27. The number of hydrogen-bond acceptors (Lipinski definition) is 5. The van der Waals surface area contributed by atoms with Crippen molar-refractivity contribution in [3.05, 3.63) is 99.8 Å². The van der Waals surface area contributed by atoms with E-state index in [2.05, 4.69) is 21.2 Å². The molecule has 1 atom stereocenters. The maximum atomic E-state index is 13.6. The predicted octanol–water partition coefficient (Wildman–Crippen LogP) is 4.42. The number of ether oxygens (including phenoxy) is 2. The van der Waals surface area contributed by atoms with Gasteiger partial charge in [-0.25, -0.2) is 9.38 Å². The summed E-state index contributed by atoms with van der Waals surface area (Å²) in [7, 11) is 0. The number of nitrogens with one attached hydrogen (secondary N) is 1. The first-order valence-corrected chi connectivity index (χ1v) is 12.1. The summed E-state index contributed by atoms with van der Waals surface area (Å²) < 4.78 is 26.0. The Morgan fingerprint density at radius 3 is 2.69 bits per heavy atom. The molecular weight excluding hydrogens is 515 g/mol. The average Bonchev–Trinajstić information content (AvgIpc) is 3.30. The van der Waals surface area contributed by atoms with Gasteiger partial charge >= 0.3 is 0 Å². The highest BCUT2D eigenvalue weighted by Crippen LogP contribution is 2.30. The maximum Gasteiger partial charge on any atom is 0.252 e. The van der Waals surface area contributed by atoms with Crippen LogP contribution in [0.2, 0.25) is 0 Å². The molecule has 0 saturated carbocycles. The van der Waals surface area contributed by atoms with E-state index in [1.165, 1.54) is 12.1 Å². The van der Waals surface area contributed by atoms with Crippen LogP contribution in [0.15, 0.2) is 82.3 Å². The van der Waals surface area contributed by atoms with Gasteiger partial charge < -0.3 is 19.9 Å². The second-order valence-corrected chi connectivity index (χ2v) is 9.12. The number of benzene rings is 3. The van der Waals surface area contributed by atoms with Crippen molar-refractivity contribution in [3.8, 4) is 5.75 Å². The lowest BCUT2D eigenvalue weighted by Gasteiger charge is -2.24. The minimum absolute atomic E-state index is 0.0730. The highest BCUT2D eigenvalue weighted by Gasteiger charge is 2.44. The Labute approximate surface area is 211 Å². The summed E-state index contributed by atoms with van der Waals surface area (Å²) in [4.78, 5) is 18.2. The van der Waals surface area contributed by atoms with Crippen molar-refractivity contribution < 1.29 is 23.8 Å². The van der Waals surface area contributed by atoms with E-state index in [-0.39, 0.29) is 31.5 Å². The molecule has 0 aliphatic carbocycles. The van der Waals surface area contributed by atoms with E-state index in [4.69, 9.17) is 19.6 Å². The molecule has 6 nitrogen and oxygen atoms in total. The van der Waals surface area contributed by atoms with Gasteiger partial charge in [-0.2, -0.15) is 0 Å². The van der Waals surface area contributed by atoms with E-state index >= 15 is 0 Å². The van der Waals surface area contributed by atoms with E-state index < -0.39 is 5.54 Å². The Hall–Kier alpha value is -3.23. The van der Waals surface area contributed by atoms with E-state index in [1.54, 1.807) is 24.3 Å². The molecule has 1 heterocycles. The van der Waals surface area contributed by atoms with Gasteiger partial charge in [0.15, 0.2) is 5.54 Å². The Kier molecular flexibility index (Phi) is 8.15. The summed E-state index contributed by atoms with van der Waals surface area (Å²) in [5.74, 6) is 0.400. The summed E-state index contributed by atoms with van der Waals surface area (Å²) >= 11 is 3.56. The van der Waals surface area contributed by atoms with Crippen LogP contribution in [0.4, 0.5) is 4.39 Å². The van der Waals surface area contributed by atoms with Gasteiger partial charge in [0.05, 0.1) is 6.61 Å². The van der Waals surface area contributed by atoms with Crippen LogP contribution in [0, 0.1) is 5.82 Å². The lowest BCUT2D eigenvalue weighted by Crippen LogP contribution is -2.48. The monoisotopic (exact) mass is 540 g/mol. The zero-order chi connectivity index (χ0) is 24.7. The van der Waals surface area contributed by atoms with Crippen LogP contribution in [0.25, 0.3) is 0 Å². The van der Waals surface area contributed by atoms with Crippen LogP contribution in [-0.2, 0) is 22.5 Å². The molecule has 1 aliphatic rings. The van der Waals surface area contributed by atoms with E-state index in [0.29, 0.717) is 36.7 Å². The fourth-order valence-corrected chi connectivity index (χ4v) is 4.21. The molecule has 3 aromatic rings. The molecule has 2 N–H and O–H groups in total. The molecule has 4 rings (SSSR count). The third-order valence-corrected chi connectivity index (χ3v) is 6.41. The van der Waals surface area contributed by atoms with E-state index in [0.717, 1.165) is 15.6 Å². The average molecular weight is 541 g/mol. The van der Waals surface area contributed by atoms with Crippen LogP contribution in [0.5, 0.6) is 5.75 Å². The Morgan fingerprint density at radius 2 is 1.94 bits per heavy atom.